The lowest BCUT2D eigenvalue weighted by Crippen LogP contribution is -1.93. The van der Waals surface area contributed by atoms with Crippen molar-refractivity contribution in [1.29, 1.82) is 0 Å². The monoisotopic (exact) mass is 178 g/mol. The quantitative estimate of drug-likeness (QED) is 0.597. The second-order valence-corrected chi connectivity index (χ2v) is 2.15. The maximum Gasteiger partial charge on any atom is 0.0737 e. The minimum absolute atomic E-state index is 0. The molecule has 0 bridgehead atoms. The van der Waals surface area contributed by atoms with Crippen LogP contribution >= 0.6 is 24.0 Å². The van der Waals surface area contributed by atoms with E-state index in [9.17, 15) is 0 Å². The predicted octanol–water partition coefficient (Wildman–Crippen LogP) is 1.93. The van der Waals surface area contributed by atoms with Gasteiger partial charge in [0, 0.05) is 0 Å². The molecule has 1 aromatic rings. The van der Waals surface area contributed by atoms with Crippen molar-refractivity contribution in [3.63, 3.8) is 0 Å². The fourth-order valence-electron chi connectivity index (χ4n) is 0.554. The van der Waals surface area contributed by atoms with Gasteiger partial charge in [-0.05, 0) is 12.1 Å². The Balaban J connectivity index is 0.000000810. The average Bonchev–Trinajstić information content (AvgIpc) is 1.83. The van der Waals surface area contributed by atoms with Crippen molar-refractivity contribution >= 4 is 35.4 Å². The van der Waals surface area contributed by atoms with Gasteiger partial charge in [-0.1, -0.05) is 17.7 Å². The van der Waals surface area contributed by atoms with Gasteiger partial charge in [0.1, 0.15) is 0 Å². The largest absolute Gasteiger partial charge is 0.397 e. The summed E-state index contributed by atoms with van der Waals surface area (Å²) in [6.07, 6.45) is 0. The number of halogens is 2. The topological polar surface area (TPSA) is 52.0 Å². The first-order chi connectivity index (χ1) is 4.22. The Kier molecular flexibility index (Phi) is 3.33. The van der Waals surface area contributed by atoms with Crippen LogP contribution in [-0.4, -0.2) is 0 Å². The van der Waals surface area contributed by atoms with Crippen LogP contribution in [-0.2, 0) is 0 Å². The van der Waals surface area contributed by atoms with Crippen LogP contribution in [0.3, 0.4) is 0 Å². The van der Waals surface area contributed by atoms with E-state index in [-0.39, 0.29) is 12.4 Å². The summed E-state index contributed by atoms with van der Waals surface area (Å²) in [5, 5.41) is 0.509. The molecule has 0 saturated heterocycles. The van der Waals surface area contributed by atoms with Crippen LogP contribution in [0.15, 0.2) is 18.2 Å². The summed E-state index contributed by atoms with van der Waals surface area (Å²) in [5.74, 6) is 0. The normalized spacial score (nSPS) is 8.50. The Morgan fingerprint density at radius 2 is 1.80 bits per heavy atom. The highest BCUT2D eigenvalue weighted by atomic mass is 35.5. The molecular formula is C6H8Cl2N2. The highest BCUT2D eigenvalue weighted by Crippen LogP contribution is 2.23. The minimum Gasteiger partial charge on any atom is -0.397 e. The first-order valence-corrected chi connectivity index (χ1v) is 2.89. The SMILES string of the molecule is Cl.Nc1cccc(Cl)c1N. The first kappa shape index (κ1) is 9.40. The second kappa shape index (κ2) is 3.54. The average molecular weight is 179 g/mol. The summed E-state index contributed by atoms with van der Waals surface area (Å²) in [7, 11) is 0. The number of para-hydroxylation sites is 1. The zero-order chi connectivity index (χ0) is 6.85. The zero-order valence-electron chi connectivity index (χ0n) is 5.17. The van der Waals surface area contributed by atoms with E-state index < -0.39 is 0 Å². The summed E-state index contributed by atoms with van der Waals surface area (Å²) >= 11 is 5.61. The second-order valence-electron chi connectivity index (χ2n) is 1.74. The Bertz CT molecular complexity index is 205. The molecular weight excluding hydrogens is 171 g/mol. The van der Waals surface area contributed by atoms with E-state index in [2.05, 4.69) is 0 Å². The molecule has 1 aromatic carbocycles. The third-order valence-corrected chi connectivity index (χ3v) is 1.42. The molecule has 0 unspecified atom stereocenters. The van der Waals surface area contributed by atoms with Crippen molar-refractivity contribution in [2.75, 3.05) is 11.5 Å². The van der Waals surface area contributed by atoms with Crippen LogP contribution in [0.1, 0.15) is 0 Å². The molecule has 0 radical (unpaired) electrons. The van der Waals surface area contributed by atoms with Gasteiger partial charge < -0.3 is 11.5 Å². The third-order valence-electron chi connectivity index (χ3n) is 1.09. The van der Waals surface area contributed by atoms with Crippen molar-refractivity contribution in [1.82, 2.24) is 0 Å². The van der Waals surface area contributed by atoms with E-state index in [4.69, 9.17) is 23.1 Å². The predicted molar refractivity (Wildman–Crippen MR) is 47.5 cm³/mol. The molecule has 1 rings (SSSR count). The standard InChI is InChI=1S/C6H7ClN2.ClH/c7-4-2-1-3-5(8)6(4)9;/h1-3H,8-9H2;1H. The van der Waals surface area contributed by atoms with Crippen LogP contribution < -0.4 is 11.5 Å². The van der Waals surface area contributed by atoms with Gasteiger partial charge in [0.15, 0.2) is 0 Å². The Morgan fingerprint density at radius 3 is 2.20 bits per heavy atom. The molecule has 0 aliphatic rings. The maximum absolute atomic E-state index is 5.61. The molecule has 4 N–H and O–H groups in total. The highest BCUT2D eigenvalue weighted by Gasteiger charge is 1.95. The van der Waals surface area contributed by atoms with E-state index >= 15 is 0 Å². The summed E-state index contributed by atoms with van der Waals surface area (Å²) < 4.78 is 0. The van der Waals surface area contributed by atoms with Gasteiger partial charge in [-0.3, -0.25) is 0 Å². The summed E-state index contributed by atoms with van der Waals surface area (Å²) in [5.41, 5.74) is 11.8. The lowest BCUT2D eigenvalue weighted by Gasteiger charge is -1.98. The van der Waals surface area contributed by atoms with Crippen molar-refractivity contribution in [2.45, 2.75) is 0 Å². The van der Waals surface area contributed by atoms with Gasteiger partial charge in [-0.25, -0.2) is 0 Å². The van der Waals surface area contributed by atoms with Crippen LogP contribution in [0.5, 0.6) is 0 Å². The number of anilines is 2. The van der Waals surface area contributed by atoms with Crippen molar-refractivity contribution in [3.8, 4) is 0 Å². The number of nitrogen functional groups attached to an aromatic ring is 2. The third kappa shape index (κ3) is 1.69. The maximum atomic E-state index is 5.61. The fraction of sp³-hybridized carbons (Fsp3) is 0. The minimum atomic E-state index is 0. The van der Waals surface area contributed by atoms with Crippen molar-refractivity contribution in [3.05, 3.63) is 23.2 Å². The first-order valence-electron chi connectivity index (χ1n) is 2.51. The Labute approximate surface area is 70.6 Å². The number of hydrogen-bond donors (Lipinski definition) is 2. The summed E-state index contributed by atoms with van der Waals surface area (Å²) in [4.78, 5) is 0. The van der Waals surface area contributed by atoms with E-state index in [0.717, 1.165) is 0 Å². The Hall–Kier alpha value is -0.600. The highest BCUT2D eigenvalue weighted by molar-refractivity contribution is 6.33. The molecule has 0 amide bonds. The molecule has 56 valence electrons. The lowest BCUT2D eigenvalue weighted by atomic mass is 10.3. The van der Waals surface area contributed by atoms with Gasteiger partial charge >= 0.3 is 0 Å². The number of benzene rings is 1. The zero-order valence-corrected chi connectivity index (χ0v) is 6.75. The lowest BCUT2D eigenvalue weighted by molar-refractivity contribution is 1.66. The van der Waals surface area contributed by atoms with Crippen molar-refractivity contribution < 1.29 is 0 Å². The van der Waals surface area contributed by atoms with Crippen LogP contribution in [0.2, 0.25) is 5.02 Å². The van der Waals surface area contributed by atoms with Crippen LogP contribution in [0, 0.1) is 0 Å². The number of rotatable bonds is 0. The van der Waals surface area contributed by atoms with E-state index in [1.807, 2.05) is 0 Å². The van der Waals surface area contributed by atoms with Gasteiger partial charge in [0.05, 0.1) is 16.4 Å². The number of nitrogens with two attached hydrogens (primary N) is 2. The molecule has 0 spiro atoms. The number of hydrogen-bond acceptors (Lipinski definition) is 2. The van der Waals surface area contributed by atoms with Gasteiger partial charge in [-0.2, -0.15) is 0 Å². The van der Waals surface area contributed by atoms with E-state index in [0.29, 0.717) is 16.4 Å². The van der Waals surface area contributed by atoms with E-state index in [1.165, 1.54) is 0 Å². The molecule has 4 heteroatoms. The van der Waals surface area contributed by atoms with Gasteiger partial charge in [0.2, 0.25) is 0 Å². The molecule has 0 aliphatic heterocycles. The molecule has 10 heavy (non-hydrogen) atoms. The van der Waals surface area contributed by atoms with Crippen molar-refractivity contribution in [2.24, 2.45) is 0 Å². The summed E-state index contributed by atoms with van der Waals surface area (Å²) in [6.45, 7) is 0. The van der Waals surface area contributed by atoms with Gasteiger partial charge in [0.25, 0.3) is 0 Å². The van der Waals surface area contributed by atoms with Gasteiger partial charge in [-0.15, -0.1) is 12.4 Å². The summed E-state index contributed by atoms with van der Waals surface area (Å²) in [6, 6.07) is 5.17. The molecule has 0 saturated carbocycles. The fourth-order valence-corrected chi connectivity index (χ4v) is 0.736. The molecule has 0 aliphatic carbocycles. The smallest absolute Gasteiger partial charge is 0.0737 e. The molecule has 0 fully saturated rings. The van der Waals surface area contributed by atoms with Crippen LogP contribution in [0.4, 0.5) is 11.4 Å². The molecule has 0 aromatic heterocycles. The Morgan fingerprint density at radius 1 is 1.20 bits per heavy atom. The van der Waals surface area contributed by atoms with E-state index in [1.54, 1.807) is 18.2 Å². The molecule has 0 atom stereocenters. The molecule has 2 nitrogen and oxygen atoms in total. The van der Waals surface area contributed by atoms with Crippen LogP contribution in [0.25, 0.3) is 0 Å². The molecule has 0 heterocycles.